The molecule has 154 valence electrons. The summed E-state index contributed by atoms with van der Waals surface area (Å²) in [6, 6.07) is 21.6. The van der Waals surface area contributed by atoms with Gasteiger partial charge in [0.2, 0.25) is 11.8 Å². The molecule has 31 heavy (non-hydrogen) atoms. The lowest BCUT2D eigenvalue weighted by molar-refractivity contribution is 0.171. The van der Waals surface area contributed by atoms with Crippen molar-refractivity contribution in [2.75, 3.05) is 23.8 Å². The Bertz CT molecular complexity index is 1220. The average molecular weight is 414 g/mol. The van der Waals surface area contributed by atoms with Crippen LogP contribution in [0.15, 0.2) is 77.2 Å². The Hall–Kier alpha value is -4.33. The quantitative estimate of drug-likeness (QED) is 0.497. The summed E-state index contributed by atoms with van der Waals surface area (Å²) in [6.45, 7) is 1.00. The van der Waals surface area contributed by atoms with Gasteiger partial charge in [0.1, 0.15) is 13.2 Å². The maximum absolute atomic E-state index is 12.4. The van der Waals surface area contributed by atoms with Crippen LogP contribution in [0.2, 0.25) is 0 Å². The molecule has 8 heteroatoms. The van der Waals surface area contributed by atoms with E-state index >= 15 is 0 Å². The lowest BCUT2D eigenvalue weighted by Gasteiger charge is -2.19. The fourth-order valence-electron chi connectivity index (χ4n) is 3.18. The van der Waals surface area contributed by atoms with E-state index in [0.717, 1.165) is 5.56 Å². The van der Waals surface area contributed by atoms with Gasteiger partial charge in [-0.3, -0.25) is 0 Å². The van der Waals surface area contributed by atoms with Crippen molar-refractivity contribution in [3.8, 4) is 34.4 Å². The van der Waals surface area contributed by atoms with Crippen molar-refractivity contribution in [3.05, 3.63) is 72.8 Å². The van der Waals surface area contributed by atoms with Gasteiger partial charge in [0, 0.05) is 28.6 Å². The van der Waals surface area contributed by atoms with Crippen molar-refractivity contribution in [3.63, 3.8) is 0 Å². The normalized spacial score (nSPS) is 12.3. The van der Waals surface area contributed by atoms with Crippen LogP contribution in [0, 0.1) is 0 Å². The van der Waals surface area contributed by atoms with E-state index in [1.165, 1.54) is 0 Å². The maximum atomic E-state index is 12.4. The van der Waals surface area contributed by atoms with Crippen molar-refractivity contribution in [2.24, 2.45) is 0 Å². The van der Waals surface area contributed by atoms with Gasteiger partial charge in [-0.1, -0.05) is 24.3 Å². The van der Waals surface area contributed by atoms with Gasteiger partial charge < -0.3 is 24.5 Å². The lowest BCUT2D eigenvalue weighted by atomic mass is 10.2. The number of carbonyl (C=O) groups excluding carboxylic acids is 1. The summed E-state index contributed by atoms with van der Waals surface area (Å²) in [7, 11) is 0. The Labute approximate surface area is 177 Å². The average Bonchev–Trinajstić information content (AvgIpc) is 3.30. The minimum Gasteiger partial charge on any atom is -0.486 e. The highest BCUT2D eigenvalue weighted by atomic mass is 16.6. The zero-order chi connectivity index (χ0) is 21.0. The number of ether oxygens (including phenoxy) is 2. The Balaban J connectivity index is 1.28. The van der Waals surface area contributed by atoms with Gasteiger partial charge in [-0.15, -0.1) is 10.2 Å². The predicted octanol–water partition coefficient (Wildman–Crippen LogP) is 4.82. The van der Waals surface area contributed by atoms with Crippen LogP contribution in [0.1, 0.15) is 0 Å². The van der Waals surface area contributed by atoms with Crippen LogP contribution < -0.4 is 20.1 Å². The van der Waals surface area contributed by atoms with Crippen LogP contribution >= 0.6 is 0 Å². The summed E-state index contributed by atoms with van der Waals surface area (Å²) in [5.41, 5.74) is 2.73. The second kappa shape index (κ2) is 8.19. The molecule has 0 radical (unpaired) electrons. The molecular weight excluding hydrogens is 396 g/mol. The van der Waals surface area contributed by atoms with E-state index in [9.17, 15) is 4.79 Å². The highest BCUT2D eigenvalue weighted by Crippen LogP contribution is 2.32. The fraction of sp³-hybridized carbons (Fsp3) is 0.0870. The molecule has 0 atom stereocenters. The van der Waals surface area contributed by atoms with Crippen LogP contribution in [0.4, 0.5) is 16.2 Å². The number of urea groups is 1. The first kappa shape index (κ1) is 18.7. The number of hydrogen-bond donors (Lipinski definition) is 2. The molecule has 2 N–H and O–H groups in total. The number of fused-ring (bicyclic) bond motifs is 1. The van der Waals surface area contributed by atoms with Gasteiger partial charge in [0.15, 0.2) is 11.5 Å². The van der Waals surface area contributed by atoms with Crippen LogP contribution in [-0.4, -0.2) is 29.4 Å². The van der Waals surface area contributed by atoms with Crippen molar-refractivity contribution in [1.29, 1.82) is 0 Å². The predicted molar refractivity (Wildman–Crippen MR) is 115 cm³/mol. The first-order valence-corrected chi connectivity index (χ1v) is 9.72. The SMILES string of the molecule is O=C(Nc1cccc(-c2nnc(-c3ccccc3)o2)c1)Nc1ccc2c(c1)OCCO2. The Kier molecular flexibility index (Phi) is 4.94. The third-order valence-corrected chi connectivity index (χ3v) is 4.61. The summed E-state index contributed by atoms with van der Waals surface area (Å²) in [4.78, 5) is 12.4. The number of amides is 2. The highest BCUT2D eigenvalue weighted by Gasteiger charge is 2.14. The summed E-state index contributed by atoms with van der Waals surface area (Å²) in [6.07, 6.45) is 0. The van der Waals surface area contributed by atoms with E-state index in [2.05, 4.69) is 20.8 Å². The molecule has 2 heterocycles. The smallest absolute Gasteiger partial charge is 0.323 e. The van der Waals surface area contributed by atoms with Crippen LogP contribution in [-0.2, 0) is 0 Å². The molecule has 5 rings (SSSR count). The van der Waals surface area contributed by atoms with E-state index in [0.29, 0.717) is 53.4 Å². The largest absolute Gasteiger partial charge is 0.486 e. The number of hydrogen-bond acceptors (Lipinski definition) is 6. The Morgan fingerprint density at radius 2 is 1.39 bits per heavy atom. The molecule has 0 fully saturated rings. The molecule has 0 spiro atoms. The fourth-order valence-corrected chi connectivity index (χ4v) is 3.18. The molecule has 3 aromatic carbocycles. The summed E-state index contributed by atoms with van der Waals surface area (Å²) in [5, 5.41) is 13.8. The van der Waals surface area contributed by atoms with Gasteiger partial charge in [-0.05, 0) is 42.5 Å². The molecule has 1 aliphatic rings. The number of aromatic nitrogens is 2. The number of nitrogens with zero attached hydrogens (tertiary/aromatic N) is 2. The second-order valence-electron chi connectivity index (χ2n) is 6.80. The van der Waals surface area contributed by atoms with Gasteiger partial charge >= 0.3 is 6.03 Å². The van der Waals surface area contributed by atoms with E-state index in [-0.39, 0.29) is 6.03 Å². The Morgan fingerprint density at radius 1 is 0.710 bits per heavy atom. The van der Waals surface area contributed by atoms with Crippen molar-refractivity contribution in [2.45, 2.75) is 0 Å². The third kappa shape index (κ3) is 4.18. The number of anilines is 2. The zero-order valence-electron chi connectivity index (χ0n) is 16.4. The van der Waals surface area contributed by atoms with Crippen molar-refractivity contribution < 1.29 is 18.7 Å². The van der Waals surface area contributed by atoms with Crippen LogP contribution in [0.25, 0.3) is 22.9 Å². The van der Waals surface area contributed by atoms with E-state index in [1.807, 2.05) is 36.4 Å². The van der Waals surface area contributed by atoms with Gasteiger partial charge in [-0.25, -0.2) is 4.79 Å². The summed E-state index contributed by atoms with van der Waals surface area (Å²) in [5.74, 6) is 2.08. The number of benzene rings is 3. The summed E-state index contributed by atoms with van der Waals surface area (Å²) >= 11 is 0. The number of rotatable bonds is 4. The standard InChI is InChI=1S/C23H18N4O4/c28-23(25-18-9-10-19-20(14-18)30-12-11-29-19)24-17-8-4-7-16(13-17)22-27-26-21(31-22)15-5-2-1-3-6-15/h1-10,13-14H,11-12H2,(H2,24,25,28). The molecule has 8 nitrogen and oxygen atoms in total. The summed E-state index contributed by atoms with van der Waals surface area (Å²) < 4.78 is 16.8. The molecule has 1 aliphatic heterocycles. The molecule has 0 saturated heterocycles. The minimum atomic E-state index is -0.385. The molecule has 0 unspecified atom stereocenters. The van der Waals surface area contributed by atoms with Gasteiger partial charge in [0.25, 0.3) is 0 Å². The van der Waals surface area contributed by atoms with Gasteiger partial charge in [0.05, 0.1) is 0 Å². The lowest BCUT2D eigenvalue weighted by Crippen LogP contribution is -2.20. The van der Waals surface area contributed by atoms with Crippen LogP contribution in [0.3, 0.4) is 0 Å². The molecule has 0 bridgehead atoms. The van der Waals surface area contributed by atoms with Crippen molar-refractivity contribution >= 4 is 17.4 Å². The minimum absolute atomic E-state index is 0.370. The molecule has 1 aromatic heterocycles. The number of nitrogens with one attached hydrogen (secondary N) is 2. The molecule has 4 aromatic rings. The molecular formula is C23H18N4O4. The monoisotopic (exact) mass is 414 g/mol. The topological polar surface area (TPSA) is 98.5 Å². The third-order valence-electron chi connectivity index (χ3n) is 4.61. The van der Waals surface area contributed by atoms with E-state index in [1.54, 1.807) is 36.4 Å². The van der Waals surface area contributed by atoms with Gasteiger partial charge in [-0.2, -0.15) is 0 Å². The highest BCUT2D eigenvalue weighted by molar-refractivity contribution is 6.00. The maximum Gasteiger partial charge on any atom is 0.323 e. The molecule has 0 saturated carbocycles. The molecule has 2 amide bonds. The second-order valence-corrected chi connectivity index (χ2v) is 6.80. The molecule has 0 aliphatic carbocycles. The Morgan fingerprint density at radius 3 is 2.19 bits per heavy atom. The van der Waals surface area contributed by atoms with Crippen molar-refractivity contribution in [1.82, 2.24) is 10.2 Å². The number of carbonyl (C=O) groups is 1. The van der Waals surface area contributed by atoms with E-state index < -0.39 is 0 Å². The zero-order valence-corrected chi connectivity index (χ0v) is 16.4. The first-order valence-electron chi connectivity index (χ1n) is 9.72. The van der Waals surface area contributed by atoms with E-state index in [4.69, 9.17) is 13.9 Å². The first-order chi connectivity index (χ1) is 15.2. The van der Waals surface area contributed by atoms with Crippen LogP contribution in [0.5, 0.6) is 11.5 Å².